The van der Waals surface area contributed by atoms with Gasteiger partial charge in [-0.15, -0.1) is 11.3 Å². The van der Waals surface area contributed by atoms with Crippen molar-refractivity contribution in [3.8, 4) is 0 Å². The van der Waals surface area contributed by atoms with Crippen molar-refractivity contribution in [2.24, 2.45) is 0 Å². The Morgan fingerprint density at radius 1 is 1.32 bits per heavy atom. The van der Waals surface area contributed by atoms with Crippen molar-refractivity contribution in [2.45, 2.75) is 13.2 Å². The first-order chi connectivity index (χ1) is 9.35. The van der Waals surface area contributed by atoms with Crippen molar-refractivity contribution in [1.82, 2.24) is 9.97 Å². The van der Waals surface area contributed by atoms with Crippen molar-refractivity contribution >= 4 is 27.4 Å². The first-order valence-corrected chi connectivity index (χ1v) is 6.96. The molecule has 0 aliphatic rings. The van der Waals surface area contributed by atoms with Gasteiger partial charge in [0.1, 0.15) is 5.65 Å². The summed E-state index contributed by atoms with van der Waals surface area (Å²) in [5.74, 6) is 0. The molecule has 0 aliphatic carbocycles. The normalized spacial score (nSPS) is 11.0. The molecule has 0 aliphatic heterocycles. The monoisotopic (exact) mass is 273 g/mol. The lowest BCUT2D eigenvalue weighted by atomic mass is 10.2. The fourth-order valence-electron chi connectivity index (χ4n) is 1.98. The lowest BCUT2D eigenvalue weighted by molar-refractivity contribution is 0.185. The highest BCUT2D eigenvalue weighted by Crippen LogP contribution is 2.19. The van der Waals surface area contributed by atoms with E-state index in [4.69, 9.17) is 4.74 Å². The minimum Gasteiger partial charge on any atom is -0.380 e. The van der Waals surface area contributed by atoms with Gasteiger partial charge in [-0.2, -0.15) is 0 Å². The average molecular weight is 273 g/mol. The number of benzene rings is 1. The molecule has 0 saturated heterocycles. The third kappa shape index (κ3) is 2.77. The fraction of sp³-hybridized carbons (Fsp3) is 0.214. The maximum absolute atomic E-state index is 5.09. The third-order valence-electron chi connectivity index (χ3n) is 2.93. The Morgan fingerprint density at radius 2 is 2.16 bits per heavy atom. The predicted octanol–water partition coefficient (Wildman–Crippen LogP) is 3.38. The van der Waals surface area contributed by atoms with Crippen LogP contribution in [0.5, 0.6) is 0 Å². The molecule has 0 amide bonds. The molecule has 0 saturated carbocycles. The number of ether oxygens (including phenoxy) is 1. The zero-order valence-electron chi connectivity index (χ0n) is 10.6. The van der Waals surface area contributed by atoms with E-state index in [0.717, 1.165) is 23.6 Å². The van der Waals surface area contributed by atoms with Crippen molar-refractivity contribution in [3.63, 3.8) is 0 Å². The van der Waals surface area contributed by atoms with Gasteiger partial charge in [-0.3, -0.25) is 0 Å². The Labute approximate surface area is 115 Å². The maximum Gasteiger partial charge on any atom is 0.148 e. The van der Waals surface area contributed by atoms with Gasteiger partial charge in [0, 0.05) is 18.5 Å². The first-order valence-electron chi connectivity index (χ1n) is 6.08. The maximum atomic E-state index is 5.09. The topological polar surface area (TPSA) is 49.9 Å². The van der Waals surface area contributed by atoms with E-state index in [2.05, 4.69) is 45.6 Å². The number of aromatic nitrogens is 2. The molecule has 0 radical (unpaired) electrons. The summed E-state index contributed by atoms with van der Waals surface area (Å²) in [6, 6.07) is 10.4. The number of H-pyrrole nitrogens is 1. The number of aromatic amines is 1. The molecule has 98 valence electrons. The second kappa shape index (κ2) is 5.42. The summed E-state index contributed by atoms with van der Waals surface area (Å²) in [6.45, 7) is 1.42. The van der Waals surface area contributed by atoms with Crippen LogP contribution in [0.4, 0.5) is 5.69 Å². The Balaban J connectivity index is 1.63. The van der Waals surface area contributed by atoms with E-state index >= 15 is 0 Å². The number of hydrogen-bond donors (Lipinski definition) is 2. The van der Waals surface area contributed by atoms with Crippen molar-refractivity contribution in [1.29, 1.82) is 0 Å². The van der Waals surface area contributed by atoms with Gasteiger partial charge in [0.2, 0.25) is 0 Å². The summed E-state index contributed by atoms with van der Waals surface area (Å²) in [4.78, 5) is 7.54. The number of rotatable bonds is 5. The van der Waals surface area contributed by atoms with Crippen LogP contribution < -0.4 is 5.32 Å². The summed E-state index contributed by atoms with van der Waals surface area (Å²) in [5.41, 5.74) is 6.25. The van der Waals surface area contributed by atoms with E-state index in [1.807, 2.05) is 5.51 Å². The van der Waals surface area contributed by atoms with Crippen LogP contribution in [0.2, 0.25) is 0 Å². The van der Waals surface area contributed by atoms with E-state index in [-0.39, 0.29) is 0 Å². The van der Waals surface area contributed by atoms with Gasteiger partial charge in [0.25, 0.3) is 0 Å². The number of thiazole rings is 1. The summed E-state index contributed by atoms with van der Waals surface area (Å²) < 4.78 is 6.29. The van der Waals surface area contributed by atoms with Gasteiger partial charge in [-0.1, -0.05) is 12.1 Å². The SMILES string of the molecule is COCc1ccc(NCc2cc3scnc3[nH]2)cc1. The Bertz CT molecular complexity index is 628. The molecule has 3 aromatic rings. The molecule has 4 nitrogen and oxygen atoms in total. The van der Waals surface area contributed by atoms with E-state index in [1.165, 1.54) is 10.3 Å². The number of methoxy groups -OCH3 is 1. The molecule has 0 unspecified atom stereocenters. The predicted molar refractivity (Wildman–Crippen MR) is 78.5 cm³/mol. The highest BCUT2D eigenvalue weighted by atomic mass is 32.1. The van der Waals surface area contributed by atoms with E-state index in [0.29, 0.717) is 6.61 Å². The molecule has 2 aromatic heterocycles. The zero-order chi connectivity index (χ0) is 13.1. The standard InChI is InChI=1S/C14H15N3OS/c1-18-8-10-2-4-11(5-3-10)15-7-12-6-13-14(17-12)16-9-19-13/h2-6,9,15,17H,7-8H2,1H3. The molecule has 5 heteroatoms. The van der Waals surface area contributed by atoms with Crippen LogP contribution in [0, 0.1) is 0 Å². The largest absolute Gasteiger partial charge is 0.380 e. The molecule has 19 heavy (non-hydrogen) atoms. The average Bonchev–Trinajstić information content (AvgIpc) is 2.99. The second-order valence-corrected chi connectivity index (χ2v) is 5.23. The Kier molecular flexibility index (Phi) is 3.48. The van der Waals surface area contributed by atoms with Gasteiger partial charge < -0.3 is 15.0 Å². The molecule has 0 atom stereocenters. The molecule has 0 spiro atoms. The number of nitrogens with one attached hydrogen (secondary N) is 2. The second-order valence-electron chi connectivity index (χ2n) is 4.34. The van der Waals surface area contributed by atoms with E-state index in [9.17, 15) is 0 Å². The molecule has 3 rings (SSSR count). The number of nitrogens with zero attached hydrogens (tertiary/aromatic N) is 1. The Hall–Kier alpha value is -1.85. The van der Waals surface area contributed by atoms with E-state index in [1.54, 1.807) is 18.4 Å². The number of hydrogen-bond acceptors (Lipinski definition) is 4. The molecular formula is C14H15N3OS. The summed E-state index contributed by atoms with van der Waals surface area (Å²) >= 11 is 1.65. The third-order valence-corrected chi connectivity index (χ3v) is 3.70. The minimum absolute atomic E-state index is 0.652. The highest BCUT2D eigenvalue weighted by Gasteiger charge is 2.02. The zero-order valence-corrected chi connectivity index (χ0v) is 11.5. The van der Waals surface area contributed by atoms with Crippen LogP contribution >= 0.6 is 11.3 Å². The van der Waals surface area contributed by atoms with Gasteiger partial charge in [0.05, 0.1) is 23.4 Å². The molecule has 2 heterocycles. The lowest BCUT2D eigenvalue weighted by Crippen LogP contribution is -1.99. The van der Waals surface area contributed by atoms with Gasteiger partial charge >= 0.3 is 0 Å². The fourth-order valence-corrected chi connectivity index (χ4v) is 2.67. The number of fused-ring (bicyclic) bond motifs is 1. The summed E-state index contributed by atoms with van der Waals surface area (Å²) in [7, 11) is 1.71. The van der Waals surface area contributed by atoms with Crippen molar-refractivity contribution in [3.05, 3.63) is 47.1 Å². The highest BCUT2D eigenvalue weighted by molar-refractivity contribution is 7.16. The van der Waals surface area contributed by atoms with Crippen LogP contribution in [0.3, 0.4) is 0 Å². The smallest absolute Gasteiger partial charge is 0.148 e. The van der Waals surface area contributed by atoms with Gasteiger partial charge in [0.15, 0.2) is 0 Å². The van der Waals surface area contributed by atoms with E-state index < -0.39 is 0 Å². The lowest BCUT2D eigenvalue weighted by Gasteiger charge is -2.06. The molecule has 0 bridgehead atoms. The minimum atomic E-state index is 0.652. The Morgan fingerprint density at radius 3 is 2.89 bits per heavy atom. The first kappa shape index (κ1) is 12.2. The van der Waals surface area contributed by atoms with Gasteiger partial charge in [-0.05, 0) is 23.8 Å². The quantitative estimate of drug-likeness (QED) is 0.749. The molecule has 1 aromatic carbocycles. The molecular weight excluding hydrogens is 258 g/mol. The van der Waals surface area contributed by atoms with Crippen LogP contribution in [-0.4, -0.2) is 17.1 Å². The van der Waals surface area contributed by atoms with Crippen LogP contribution in [-0.2, 0) is 17.9 Å². The van der Waals surface area contributed by atoms with Crippen LogP contribution in [0.25, 0.3) is 10.3 Å². The van der Waals surface area contributed by atoms with Gasteiger partial charge in [-0.25, -0.2) is 4.98 Å². The molecule has 2 N–H and O–H groups in total. The number of anilines is 1. The van der Waals surface area contributed by atoms with Crippen molar-refractivity contribution < 1.29 is 4.74 Å². The molecule has 0 fully saturated rings. The summed E-state index contributed by atoms with van der Waals surface area (Å²) in [5, 5.41) is 3.39. The summed E-state index contributed by atoms with van der Waals surface area (Å²) in [6.07, 6.45) is 0. The van der Waals surface area contributed by atoms with Crippen LogP contribution in [0.1, 0.15) is 11.3 Å². The van der Waals surface area contributed by atoms with Crippen molar-refractivity contribution in [2.75, 3.05) is 12.4 Å². The van der Waals surface area contributed by atoms with Crippen LogP contribution in [0.15, 0.2) is 35.8 Å².